The molecule has 2 fully saturated rings. The number of aromatic nitrogens is 2. The maximum absolute atomic E-state index is 13.0. The molecule has 0 bridgehead atoms. The lowest BCUT2D eigenvalue weighted by Gasteiger charge is -2.37. The van der Waals surface area contributed by atoms with E-state index in [1.165, 1.54) is 32.4 Å². The lowest BCUT2D eigenvalue weighted by molar-refractivity contribution is 0.0591. The Bertz CT molecular complexity index is 809. The standard InChI is InChI=1S/C22H32N4O2S/c1-17-7-11-25(12-8-17)14-18-4-3-10-26(15-18)21(27)20-6-5-19(28-20)16-29-22-23-9-13-24(22)2/h5-6,9,13,17-18H,3-4,7-8,10-12,14-16H2,1-2H3/t18-/m0/s1. The zero-order chi connectivity index (χ0) is 20.2. The van der Waals surface area contributed by atoms with Crippen LogP contribution in [0, 0.1) is 11.8 Å². The molecule has 2 aliphatic rings. The van der Waals surface area contributed by atoms with Gasteiger partial charge in [0.05, 0.1) is 5.75 Å². The maximum Gasteiger partial charge on any atom is 0.289 e. The summed E-state index contributed by atoms with van der Waals surface area (Å²) in [5.74, 6) is 3.43. The number of carbonyl (C=O) groups is 1. The van der Waals surface area contributed by atoms with Gasteiger partial charge in [-0.15, -0.1) is 0 Å². The molecule has 0 unspecified atom stereocenters. The third-order valence-corrected chi connectivity index (χ3v) is 7.27. The van der Waals surface area contributed by atoms with Crippen LogP contribution in [0.3, 0.4) is 0 Å². The van der Waals surface area contributed by atoms with Crippen LogP contribution in [0.1, 0.15) is 48.9 Å². The highest BCUT2D eigenvalue weighted by Crippen LogP contribution is 2.25. The van der Waals surface area contributed by atoms with Crippen LogP contribution in [0.5, 0.6) is 0 Å². The molecule has 7 heteroatoms. The molecule has 0 N–H and O–H groups in total. The van der Waals surface area contributed by atoms with Crippen molar-refractivity contribution in [2.24, 2.45) is 18.9 Å². The molecule has 4 heterocycles. The summed E-state index contributed by atoms with van der Waals surface area (Å²) < 4.78 is 7.86. The number of piperidine rings is 2. The van der Waals surface area contributed by atoms with Crippen LogP contribution in [0.2, 0.25) is 0 Å². The lowest BCUT2D eigenvalue weighted by Crippen LogP contribution is -2.45. The molecule has 1 atom stereocenters. The summed E-state index contributed by atoms with van der Waals surface area (Å²) in [6.45, 7) is 7.58. The number of carbonyl (C=O) groups excluding carboxylic acids is 1. The second-order valence-corrected chi connectivity index (χ2v) is 9.56. The molecule has 158 valence electrons. The molecule has 0 radical (unpaired) electrons. The Morgan fingerprint density at radius 1 is 1.24 bits per heavy atom. The number of furan rings is 1. The van der Waals surface area contributed by atoms with Gasteiger partial charge in [0.25, 0.3) is 5.91 Å². The molecule has 2 aliphatic heterocycles. The molecular formula is C22H32N4O2S. The minimum atomic E-state index is 0.0372. The number of likely N-dealkylation sites (tertiary alicyclic amines) is 2. The molecule has 1 amide bonds. The molecule has 2 saturated heterocycles. The monoisotopic (exact) mass is 416 g/mol. The third-order valence-electron chi connectivity index (χ3n) is 6.19. The van der Waals surface area contributed by atoms with Crippen LogP contribution >= 0.6 is 11.8 Å². The molecule has 0 spiro atoms. The highest BCUT2D eigenvalue weighted by atomic mass is 32.2. The van der Waals surface area contributed by atoms with E-state index >= 15 is 0 Å². The Hall–Kier alpha value is -1.73. The molecule has 2 aromatic rings. The first kappa shape index (κ1) is 20.5. The summed E-state index contributed by atoms with van der Waals surface area (Å²) in [4.78, 5) is 21.9. The van der Waals surface area contributed by atoms with Crippen molar-refractivity contribution in [2.75, 3.05) is 32.7 Å². The fraction of sp³-hybridized carbons (Fsp3) is 0.636. The number of hydrogen-bond donors (Lipinski definition) is 0. The minimum Gasteiger partial charge on any atom is -0.455 e. The van der Waals surface area contributed by atoms with Gasteiger partial charge in [0, 0.05) is 39.1 Å². The van der Waals surface area contributed by atoms with E-state index in [0.717, 1.165) is 42.9 Å². The number of thioether (sulfide) groups is 1. The van der Waals surface area contributed by atoms with Gasteiger partial charge >= 0.3 is 0 Å². The summed E-state index contributed by atoms with van der Waals surface area (Å²) >= 11 is 1.62. The van der Waals surface area contributed by atoms with E-state index in [4.69, 9.17) is 4.42 Å². The van der Waals surface area contributed by atoms with Crippen molar-refractivity contribution in [2.45, 2.75) is 43.5 Å². The largest absolute Gasteiger partial charge is 0.455 e. The van der Waals surface area contributed by atoms with Crippen LogP contribution in [-0.4, -0.2) is 58.0 Å². The fourth-order valence-electron chi connectivity index (χ4n) is 4.36. The van der Waals surface area contributed by atoms with Crippen molar-refractivity contribution >= 4 is 17.7 Å². The fourth-order valence-corrected chi connectivity index (χ4v) is 5.19. The van der Waals surface area contributed by atoms with Crippen molar-refractivity contribution in [1.82, 2.24) is 19.4 Å². The van der Waals surface area contributed by atoms with Gasteiger partial charge in [-0.05, 0) is 62.7 Å². The van der Waals surface area contributed by atoms with Crippen molar-refractivity contribution in [3.63, 3.8) is 0 Å². The van der Waals surface area contributed by atoms with Gasteiger partial charge in [-0.2, -0.15) is 0 Å². The molecule has 2 aromatic heterocycles. The third kappa shape index (κ3) is 5.25. The Morgan fingerprint density at radius 3 is 2.83 bits per heavy atom. The number of nitrogens with zero attached hydrogens (tertiary/aromatic N) is 4. The first-order valence-electron chi connectivity index (χ1n) is 10.8. The van der Waals surface area contributed by atoms with Crippen LogP contribution in [0.25, 0.3) is 0 Å². The highest BCUT2D eigenvalue weighted by Gasteiger charge is 2.28. The van der Waals surface area contributed by atoms with Crippen LogP contribution in [0.4, 0.5) is 0 Å². The quantitative estimate of drug-likeness (QED) is 0.669. The summed E-state index contributed by atoms with van der Waals surface area (Å²) in [6, 6.07) is 3.74. The number of rotatable bonds is 6. The van der Waals surface area contributed by atoms with E-state index in [0.29, 0.717) is 17.4 Å². The van der Waals surface area contributed by atoms with Crippen molar-refractivity contribution in [3.8, 4) is 0 Å². The smallest absolute Gasteiger partial charge is 0.289 e. The lowest BCUT2D eigenvalue weighted by atomic mass is 9.94. The maximum atomic E-state index is 13.0. The Labute approximate surface area is 177 Å². The average molecular weight is 417 g/mol. The number of hydrogen-bond acceptors (Lipinski definition) is 5. The van der Waals surface area contributed by atoms with Crippen LogP contribution in [0.15, 0.2) is 34.1 Å². The summed E-state index contributed by atoms with van der Waals surface area (Å²) in [5, 5.41) is 0.945. The zero-order valence-electron chi connectivity index (χ0n) is 17.5. The number of amides is 1. The van der Waals surface area contributed by atoms with E-state index in [2.05, 4.69) is 16.8 Å². The zero-order valence-corrected chi connectivity index (χ0v) is 18.4. The Kier molecular flexibility index (Phi) is 6.65. The predicted molar refractivity (Wildman–Crippen MR) is 115 cm³/mol. The molecule has 29 heavy (non-hydrogen) atoms. The molecule has 0 saturated carbocycles. The van der Waals surface area contributed by atoms with E-state index in [1.807, 2.05) is 34.8 Å². The topological polar surface area (TPSA) is 54.5 Å². The van der Waals surface area contributed by atoms with Crippen molar-refractivity contribution < 1.29 is 9.21 Å². The second-order valence-electron chi connectivity index (χ2n) is 8.62. The van der Waals surface area contributed by atoms with Gasteiger partial charge in [-0.25, -0.2) is 4.98 Å². The Balaban J connectivity index is 1.29. The summed E-state index contributed by atoms with van der Waals surface area (Å²) in [5.41, 5.74) is 0. The molecular weight excluding hydrogens is 384 g/mol. The normalized spacial score (nSPS) is 21.6. The second kappa shape index (κ2) is 9.39. The van der Waals surface area contributed by atoms with E-state index < -0.39 is 0 Å². The first-order valence-corrected chi connectivity index (χ1v) is 11.8. The SMILES string of the molecule is CC1CCN(C[C@@H]2CCCN(C(=O)c3ccc(CSc4nccn4C)o3)C2)CC1. The summed E-state index contributed by atoms with van der Waals surface area (Å²) in [7, 11) is 1.98. The summed E-state index contributed by atoms with van der Waals surface area (Å²) in [6.07, 6.45) is 8.64. The van der Waals surface area contributed by atoms with Crippen molar-refractivity contribution in [3.05, 3.63) is 36.0 Å². The molecule has 6 nitrogen and oxygen atoms in total. The number of imidazole rings is 1. The van der Waals surface area contributed by atoms with Gasteiger partial charge in [0.15, 0.2) is 10.9 Å². The van der Waals surface area contributed by atoms with Gasteiger partial charge in [-0.1, -0.05) is 18.7 Å². The first-order chi connectivity index (χ1) is 14.1. The number of aryl methyl sites for hydroxylation is 1. The van der Waals surface area contributed by atoms with E-state index in [9.17, 15) is 4.79 Å². The van der Waals surface area contributed by atoms with Gasteiger partial charge in [0.2, 0.25) is 0 Å². The Morgan fingerprint density at radius 2 is 2.07 bits per heavy atom. The predicted octanol–water partition coefficient (Wildman–Crippen LogP) is 3.89. The minimum absolute atomic E-state index is 0.0372. The molecule has 0 aromatic carbocycles. The van der Waals surface area contributed by atoms with Gasteiger partial charge < -0.3 is 18.8 Å². The van der Waals surface area contributed by atoms with Crippen molar-refractivity contribution in [1.29, 1.82) is 0 Å². The van der Waals surface area contributed by atoms with Gasteiger partial charge in [0.1, 0.15) is 5.76 Å². The van der Waals surface area contributed by atoms with Gasteiger partial charge in [-0.3, -0.25) is 4.79 Å². The van der Waals surface area contributed by atoms with E-state index in [1.54, 1.807) is 18.0 Å². The average Bonchev–Trinajstić information content (AvgIpc) is 3.37. The molecule has 4 rings (SSSR count). The highest BCUT2D eigenvalue weighted by molar-refractivity contribution is 7.98. The van der Waals surface area contributed by atoms with E-state index in [-0.39, 0.29) is 5.91 Å². The molecule has 0 aliphatic carbocycles. The van der Waals surface area contributed by atoms with Crippen LogP contribution < -0.4 is 0 Å². The van der Waals surface area contributed by atoms with Crippen LogP contribution in [-0.2, 0) is 12.8 Å².